The van der Waals surface area contributed by atoms with Crippen molar-refractivity contribution >= 4 is 28.9 Å². The predicted molar refractivity (Wildman–Crippen MR) is 105 cm³/mol. The van der Waals surface area contributed by atoms with Crippen LogP contribution in [-0.4, -0.2) is 29.8 Å². The Hall–Kier alpha value is -2.01. The summed E-state index contributed by atoms with van der Waals surface area (Å²) >= 11 is 6.08. The average Bonchev–Trinajstić information content (AvgIpc) is 2.74. The molecular formula is C19H27ClN4O. The maximum atomic E-state index is 12.6. The van der Waals surface area contributed by atoms with E-state index in [0.29, 0.717) is 23.0 Å². The molecule has 0 aliphatic carbocycles. The zero-order chi connectivity index (χ0) is 18.7. The monoisotopic (exact) mass is 362 g/mol. The van der Waals surface area contributed by atoms with Gasteiger partial charge >= 0.3 is 0 Å². The van der Waals surface area contributed by atoms with E-state index in [4.69, 9.17) is 11.6 Å². The van der Waals surface area contributed by atoms with Crippen molar-refractivity contribution in [1.29, 1.82) is 0 Å². The smallest absolute Gasteiger partial charge is 0.228 e. The molecule has 0 atom stereocenters. The number of aromatic nitrogens is 2. The van der Waals surface area contributed by atoms with E-state index >= 15 is 0 Å². The lowest BCUT2D eigenvalue weighted by Gasteiger charge is -2.18. The molecule has 0 aliphatic heterocycles. The molecule has 1 aromatic heterocycles. The van der Waals surface area contributed by atoms with Crippen LogP contribution in [0.5, 0.6) is 0 Å². The molecule has 0 bridgehead atoms. The van der Waals surface area contributed by atoms with E-state index in [-0.39, 0.29) is 5.91 Å². The molecule has 0 radical (unpaired) electrons. The molecule has 0 saturated carbocycles. The number of anilines is 2. The van der Waals surface area contributed by atoms with Crippen LogP contribution in [0.1, 0.15) is 30.8 Å². The van der Waals surface area contributed by atoms with Gasteiger partial charge in [-0.2, -0.15) is 5.10 Å². The van der Waals surface area contributed by atoms with Gasteiger partial charge in [0, 0.05) is 36.9 Å². The van der Waals surface area contributed by atoms with Crippen LogP contribution in [-0.2, 0) is 17.8 Å². The summed E-state index contributed by atoms with van der Waals surface area (Å²) < 4.78 is 1.99. The molecule has 0 fully saturated rings. The average molecular weight is 363 g/mol. The molecule has 1 heterocycles. The van der Waals surface area contributed by atoms with Crippen molar-refractivity contribution in [2.75, 3.05) is 24.3 Å². The van der Waals surface area contributed by atoms with Gasteiger partial charge in [-0.15, -0.1) is 0 Å². The van der Waals surface area contributed by atoms with Gasteiger partial charge in [-0.1, -0.05) is 25.4 Å². The van der Waals surface area contributed by atoms with Gasteiger partial charge in [0.25, 0.3) is 0 Å². The van der Waals surface area contributed by atoms with Gasteiger partial charge in [0.2, 0.25) is 5.91 Å². The summed E-state index contributed by atoms with van der Waals surface area (Å²) in [4.78, 5) is 14.5. The van der Waals surface area contributed by atoms with Crippen LogP contribution in [0.3, 0.4) is 0 Å². The molecule has 0 aliphatic rings. The summed E-state index contributed by atoms with van der Waals surface area (Å²) in [6.07, 6.45) is 0.301. The number of hydrogen-bond donors (Lipinski definition) is 1. The lowest BCUT2D eigenvalue weighted by Crippen LogP contribution is -2.18. The fraction of sp³-hybridized carbons (Fsp3) is 0.474. The molecular weight excluding hydrogens is 336 g/mol. The van der Waals surface area contributed by atoms with Crippen LogP contribution < -0.4 is 10.2 Å². The van der Waals surface area contributed by atoms with Gasteiger partial charge in [0.05, 0.1) is 23.5 Å². The lowest BCUT2D eigenvalue weighted by molar-refractivity contribution is -0.115. The number of aryl methyl sites for hydroxylation is 1. The highest BCUT2D eigenvalue weighted by molar-refractivity contribution is 6.31. The van der Waals surface area contributed by atoms with Crippen LogP contribution in [0.2, 0.25) is 5.02 Å². The molecule has 1 aromatic carbocycles. The van der Waals surface area contributed by atoms with Crippen molar-refractivity contribution in [2.45, 2.75) is 40.7 Å². The summed E-state index contributed by atoms with van der Waals surface area (Å²) in [7, 11) is 3.87. The molecule has 2 aromatic rings. The van der Waals surface area contributed by atoms with Gasteiger partial charge in [-0.25, -0.2) is 0 Å². The van der Waals surface area contributed by atoms with Crippen molar-refractivity contribution in [1.82, 2.24) is 9.78 Å². The minimum atomic E-state index is -0.0688. The van der Waals surface area contributed by atoms with Crippen LogP contribution in [0.15, 0.2) is 18.2 Å². The molecule has 6 heteroatoms. The van der Waals surface area contributed by atoms with Crippen LogP contribution in [0.4, 0.5) is 11.4 Å². The highest BCUT2D eigenvalue weighted by Gasteiger charge is 2.17. The first-order chi connectivity index (χ1) is 11.7. The van der Waals surface area contributed by atoms with Crippen molar-refractivity contribution in [2.24, 2.45) is 5.92 Å². The van der Waals surface area contributed by atoms with Gasteiger partial charge < -0.3 is 10.2 Å². The van der Waals surface area contributed by atoms with E-state index < -0.39 is 0 Å². The molecule has 0 spiro atoms. The van der Waals surface area contributed by atoms with Crippen LogP contribution in [0, 0.1) is 19.8 Å². The van der Waals surface area contributed by atoms with E-state index in [1.54, 1.807) is 6.07 Å². The normalized spacial score (nSPS) is 11.0. The van der Waals surface area contributed by atoms with E-state index in [1.165, 1.54) is 0 Å². The number of carbonyl (C=O) groups excluding carboxylic acids is 1. The Bertz CT molecular complexity index is 765. The topological polar surface area (TPSA) is 50.2 Å². The highest BCUT2D eigenvalue weighted by atomic mass is 35.5. The number of rotatable bonds is 6. The first kappa shape index (κ1) is 19.3. The summed E-state index contributed by atoms with van der Waals surface area (Å²) in [6.45, 7) is 9.15. The molecule has 1 N–H and O–H groups in total. The Morgan fingerprint density at radius 3 is 2.60 bits per heavy atom. The Morgan fingerprint density at radius 2 is 2.00 bits per heavy atom. The number of benzene rings is 1. The first-order valence-electron chi connectivity index (χ1n) is 8.48. The highest BCUT2D eigenvalue weighted by Crippen LogP contribution is 2.28. The SMILES string of the molecule is Cc1nn(CC(C)C)c(C)c1CC(=O)Nc1cc(Cl)ccc1N(C)C. The number of carbonyl (C=O) groups is 1. The maximum absolute atomic E-state index is 12.6. The predicted octanol–water partition coefficient (Wildman–Crippen LogP) is 4.06. The zero-order valence-electron chi connectivity index (χ0n) is 15.9. The number of nitrogens with zero attached hydrogens (tertiary/aromatic N) is 3. The molecule has 0 unspecified atom stereocenters. The largest absolute Gasteiger partial charge is 0.376 e. The van der Waals surface area contributed by atoms with Crippen molar-refractivity contribution in [3.05, 3.63) is 40.2 Å². The summed E-state index contributed by atoms with van der Waals surface area (Å²) in [6, 6.07) is 5.49. The minimum absolute atomic E-state index is 0.0688. The van der Waals surface area contributed by atoms with Crippen LogP contribution in [0.25, 0.3) is 0 Å². The van der Waals surface area contributed by atoms with Gasteiger partial charge in [-0.05, 0) is 38.0 Å². The van der Waals surface area contributed by atoms with E-state index in [0.717, 1.165) is 29.2 Å². The van der Waals surface area contributed by atoms with Gasteiger partial charge in [-0.3, -0.25) is 9.48 Å². The molecule has 5 nitrogen and oxygen atoms in total. The number of hydrogen-bond acceptors (Lipinski definition) is 3. The second-order valence-electron chi connectivity index (χ2n) is 7.01. The number of amides is 1. The standard InChI is InChI=1S/C19H27ClN4O/c1-12(2)11-24-14(4)16(13(3)22-24)10-19(25)21-17-9-15(20)7-8-18(17)23(5)6/h7-9,12H,10-11H2,1-6H3,(H,21,25). The number of halogens is 1. The molecule has 25 heavy (non-hydrogen) atoms. The lowest BCUT2D eigenvalue weighted by atomic mass is 10.1. The molecule has 2 rings (SSSR count). The van der Waals surface area contributed by atoms with Crippen LogP contribution >= 0.6 is 11.6 Å². The molecule has 136 valence electrons. The van der Waals surface area contributed by atoms with Gasteiger partial charge in [0.1, 0.15) is 0 Å². The fourth-order valence-corrected chi connectivity index (χ4v) is 3.04. The third-order valence-corrected chi connectivity index (χ3v) is 4.36. The number of nitrogens with one attached hydrogen (secondary N) is 1. The first-order valence-corrected chi connectivity index (χ1v) is 8.86. The summed E-state index contributed by atoms with van der Waals surface area (Å²) in [5.41, 5.74) is 4.59. The fourth-order valence-electron chi connectivity index (χ4n) is 2.87. The van der Waals surface area contributed by atoms with Gasteiger partial charge in [0.15, 0.2) is 0 Å². The van der Waals surface area contributed by atoms with Crippen molar-refractivity contribution < 1.29 is 4.79 Å². The van der Waals surface area contributed by atoms with E-state index in [2.05, 4.69) is 24.3 Å². The summed E-state index contributed by atoms with van der Waals surface area (Å²) in [5.74, 6) is 0.439. The second kappa shape index (κ2) is 7.91. The molecule has 1 amide bonds. The third-order valence-electron chi connectivity index (χ3n) is 4.12. The maximum Gasteiger partial charge on any atom is 0.228 e. The summed E-state index contributed by atoms with van der Waals surface area (Å²) in [5, 5.41) is 8.16. The minimum Gasteiger partial charge on any atom is -0.376 e. The Kier molecular flexibility index (Phi) is 6.11. The molecule has 0 saturated heterocycles. The quantitative estimate of drug-likeness (QED) is 0.843. The Labute approximate surface area is 155 Å². The van der Waals surface area contributed by atoms with Crippen molar-refractivity contribution in [3.8, 4) is 0 Å². The zero-order valence-corrected chi connectivity index (χ0v) is 16.6. The van der Waals surface area contributed by atoms with E-state index in [1.807, 2.05) is 49.7 Å². The van der Waals surface area contributed by atoms with E-state index in [9.17, 15) is 4.79 Å². The van der Waals surface area contributed by atoms with Crippen molar-refractivity contribution in [3.63, 3.8) is 0 Å². The second-order valence-corrected chi connectivity index (χ2v) is 7.44. The third kappa shape index (κ3) is 4.75. The Morgan fingerprint density at radius 1 is 1.32 bits per heavy atom. The Balaban J connectivity index is 2.19.